The molecule has 120 valence electrons. The fourth-order valence-electron chi connectivity index (χ4n) is 1.96. The number of hydrogen-bond acceptors (Lipinski definition) is 5. The minimum Gasteiger partial charge on any atom is -0.462 e. The first-order chi connectivity index (χ1) is 11.0. The number of thiazole rings is 1. The molecule has 0 aliphatic heterocycles. The van der Waals surface area contributed by atoms with Gasteiger partial charge in [0.25, 0.3) is 0 Å². The Morgan fingerprint density at radius 2 is 2.00 bits per heavy atom. The van der Waals surface area contributed by atoms with Crippen molar-refractivity contribution in [1.29, 1.82) is 0 Å². The van der Waals surface area contributed by atoms with Crippen LogP contribution in [0, 0.1) is 6.92 Å². The fraction of sp³-hybridized carbons (Fsp3) is 0.133. The molecule has 0 aliphatic rings. The van der Waals surface area contributed by atoms with Crippen molar-refractivity contribution in [3.05, 3.63) is 57.7 Å². The summed E-state index contributed by atoms with van der Waals surface area (Å²) < 4.78 is 33.4. The Hall–Kier alpha value is -1.48. The van der Waals surface area contributed by atoms with Gasteiger partial charge in [0.2, 0.25) is 10.0 Å². The van der Waals surface area contributed by atoms with Crippen molar-refractivity contribution in [2.45, 2.75) is 18.4 Å². The first-order valence-corrected chi connectivity index (χ1v) is 9.80. The van der Waals surface area contributed by atoms with E-state index in [-0.39, 0.29) is 11.4 Å². The average Bonchev–Trinajstić information content (AvgIpc) is 3.15. The Morgan fingerprint density at radius 3 is 2.65 bits per heavy atom. The minimum absolute atomic E-state index is 0.197. The Kier molecular flexibility index (Phi) is 4.67. The lowest BCUT2D eigenvalue weighted by Gasteiger charge is -2.06. The van der Waals surface area contributed by atoms with Crippen LogP contribution in [0.25, 0.3) is 10.8 Å². The Labute approximate surface area is 146 Å². The number of rotatable bonds is 5. The molecule has 2 heterocycles. The normalized spacial score (nSPS) is 11.7. The number of nitrogens with zero attached hydrogens (tertiary/aromatic N) is 1. The molecule has 2 aromatic heterocycles. The SMILES string of the molecule is Cc1nc(-c2ccco2)sc1CNS(=O)(=O)c1ccc(Br)cc1. The third kappa shape index (κ3) is 3.72. The Bertz CT molecular complexity index is 901. The molecule has 0 aliphatic carbocycles. The molecule has 3 aromatic rings. The lowest BCUT2D eigenvalue weighted by Crippen LogP contribution is -2.23. The van der Waals surface area contributed by atoms with Gasteiger partial charge in [-0.05, 0) is 43.3 Å². The van der Waals surface area contributed by atoms with E-state index in [1.807, 2.05) is 13.0 Å². The number of hydrogen-bond donors (Lipinski definition) is 1. The quantitative estimate of drug-likeness (QED) is 0.688. The van der Waals surface area contributed by atoms with Crippen molar-refractivity contribution in [2.75, 3.05) is 0 Å². The van der Waals surface area contributed by atoms with Gasteiger partial charge in [-0.15, -0.1) is 11.3 Å². The molecule has 0 bridgehead atoms. The van der Waals surface area contributed by atoms with Crippen molar-refractivity contribution < 1.29 is 12.8 Å². The highest BCUT2D eigenvalue weighted by atomic mass is 79.9. The topological polar surface area (TPSA) is 72.2 Å². The summed E-state index contributed by atoms with van der Waals surface area (Å²) in [5, 5.41) is 0.741. The fourth-order valence-corrected chi connectivity index (χ4v) is 4.28. The first-order valence-electron chi connectivity index (χ1n) is 6.71. The zero-order valence-corrected chi connectivity index (χ0v) is 15.3. The van der Waals surface area contributed by atoms with Gasteiger partial charge in [0.1, 0.15) is 0 Å². The van der Waals surface area contributed by atoms with Gasteiger partial charge >= 0.3 is 0 Å². The van der Waals surface area contributed by atoms with E-state index >= 15 is 0 Å². The van der Waals surface area contributed by atoms with E-state index < -0.39 is 10.0 Å². The summed E-state index contributed by atoms with van der Waals surface area (Å²) in [4.78, 5) is 5.51. The van der Waals surface area contributed by atoms with Crippen LogP contribution in [0.4, 0.5) is 0 Å². The summed E-state index contributed by atoms with van der Waals surface area (Å²) in [5.41, 5.74) is 0.792. The summed E-state index contributed by atoms with van der Waals surface area (Å²) >= 11 is 4.70. The van der Waals surface area contributed by atoms with Gasteiger partial charge in [-0.2, -0.15) is 0 Å². The molecule has 0 fully saturated rings. The molecular formula is C15H13BrN2O3S2. The van der Waals surface area contributed by atoms with Gasteiger partial charge in [0.15, 0.2) is 10.8 Å². The van der Waals surface area contributed by atoms with Crippen LogP contribution in [0.2, 0.25) is 0 Å². The second-order valence-corrected chi connectivity index (χ2v) is 8.55. The van der Waals surface area contributed by atoms with Gasteiger partial charge in [-0.3, -0.25) is 0 Å². The molecule has 1 N–H and O–H groups in total. The largest absolute Gasteiger partial charge is 0.462 e. The van der Waals surface area contributed by atoms with Crippen molar-refractivity contribution in [1.82, 2.24) is 9.71 Å². The van der Waals surface area contributed by atoms with Crippen molar-refractivity contribution in [3.8, 4) is 10.8 Å². The van der Waals surface area contributed by atoms with Crippen LogP contribution >= 0.6 is 27.3 Å². The van der Waals surface area contributed by atoms with Gasteiger partial charge in [0.05, 0.1) is 16.9 Å². The maximum atomic E-state index is 12.3. The van der Waals surface area contributed by atoms with E-state index in [0.29, 0.717) is 5.76 Å². The molecular weight excluding hydrogens is 400 g/mol. The minimum atomic E-state index is -3.55. The smallest absolute Gasteiger partial charge is 0.240 e. The van der Waals surface area contributed by atoms with Crippen LogP contribution in [0.1, 0.15) is 10.6 Å². The zero-order valence-electron chi connectivity index (χ0n) is 12.1. The summed E-state index contributed by atoms with van der Waals surface area (Å²) in [6.45, 7) is 2.05. The predicted molar refractivity (Wildman–Crippen MR) is 92.7 cm³/mol. The summed E-state index contributed by atoms with van der Waals surface area (Å²) in [7, 11) is -3.55. The Morgan fingerprint density at radius 1 is 1.26 bits per heavy atom. The molecule has 1 aromatic carbocycles. The zero-order chi connectivity index (χ0) is 16.4. The van der Waals surface area contributed by atoms with E-state index in [2.05, 4.69) is 25.6 Å². The van der Waals surface area contributed by atoms with Crippen LogP contribution in [-0.2, 0) is 16.6 Å². The molecule has 0 amide bonds. The third-order valence-electron chi connectivity index (χ3n) is 3.17. The molecule has 0 unspecified atom stereocenters. The number of sulfonamides is 1. The van der Waals surface area contributed by atoms with Crippen LogP contribution in [0.3, 0.4) is 0 Å². The Balaban J connectivity index is 1.76. The van der Waals surface area contributed by atoms with E-state index in [9.17, 15) is 8.42 Å². The van der Waals surface area contributed by atoms with Gasteiger partial charge in [-0.1, -0.05) is 15.9 Å². The third-order valence-corrected chi connectivity index (χ3v) is 6.29. The molecule has 8 heteroatoms. The number of aromatic nitrogens is 1. The molecule has 0 saturated heterocycles. The molecule has 0 atom stereocenters. The summed E-state index contributed by atoms with van der Waals surface area (Å²) in [5.74, 6) is 0.681. The van der Waals surface area contributed by atoms with Crippen molar-refractivity contribution >= 4 is 37.3 Å². The molecule has 3 rings (SSSR count). The molecule has 0 spiro atoms. The number of halogens is 1. The molecule has 5 nitrogen and oxygen atoms in total. The van der Waals surface area contributed by atoms with E-state index in [1.54, 1.807) is 36.6 Å². The maximum Gasteiger partial charge on any atom is 0.240 e. The number of aryl methyl sites for hydroxylation is 1. The highest BCUT2D eigenvalue weighted by Crippen LogP contribution is 2.28. The van der Waals surface area contributed by atoms with E-state index in [1.165, 1.54) is 11.3 Å². The van der Waals surface area contributed by atoms with Gasteiger partial charge < -0.3 is 4.42 Å². The summed E-state index contributed by atoms with van der Waals surface area (Å²) in [6, 6.07) is 10.1. The molecule has 0 saturated carbocycles. The van der Waals surface area contributed by atoms with Gasteiger partial charge in [-0.25, -0.2) is 18.1 Å². The van der Waals surface area contributed by atoms with Gasteiger partial charge in [0, 0.05) is 15.9 Å². The lowest BCUT2D eigenvalue weighted by atomic mass is 10.4. The van der Waals surface area contributed by atoms with E-state index in [0.717, 1.165) is 20.1 Å². The lowest BCUT2D eigenvalue weighted by molar-refractivity contribution is 0.580. The van der Waals surface area contributed by atoms with E-state index in [4.69, 9.17) is 4.42 Å². The molecule has 0 radical (unpaired) electrons. The van der Waals surface area contributed by atoms with Crippen LogP contribution < -0.4 is 4.72 Å². The predicted octanol–water partition coefficient (Wildman–Crippen LogP) is 3.95. The highest BCUT2D eigenvalue weighted by molar-refractivity contribution is 9.10. The van der Waals surface area contributed by atoms with Crippen LogP contribution in [0.5, 0.6) is 0 Å². The highest BCUT2D eigenvalue weighted by Gasteiger charge is 2.16. The summed E-state index contributed by atoms with van der Waals surface area (Å²) in [6.07, 6.45) is 1.59. The second-order valence-electron chi connectivity index (χ2n) is 4.78. The monoisotopic (exact) mass is 412 g/mol. The van der Waals surface area contributed by atoms with Crippen molar-refractivity contribution in [3.63, 3.8) is 0 Å². The second kappa shape index (κ2) is 6.56. The van der Waals surface area contributed by atoms with Crippen LogP contribution in [-0.4, -0.2) is 13.4 Å². The first kappa shape index (κ1) is 16.4. The number of furan rings is 1. The van der Waals surface area contributed by atoms with Crippen molar-refractivity contribution in [2.24, 2.45) is 0 Å². The van der Waals surface area contributed by atoms with Crippen LogP contribution in [0.15, 0.2) is 56.4 Å². The molecule has 23 heavy (non-hydrogen) atoms. The maximum absolute atomic E-state index is 12.3. The number of nitrogens with one attached hydrogen (secondary N) is 1. The standard InChI is InChI=1S/C15H13BrN2O3S2/c1-10-14(22-15(18-10)13-3-2-8-21-13)9-17-23(19,20)12-6-4-11(16)5-7-12/h2-8,17H,9H2,1H3. The number of benzene rings is 1. The average molecular weight is 413 g/mol.